The monoisotopic (exact) mass is 691 g/mol. The van der Waals surface area contributed by atoms with Crippen molar-refractivity contribution in [2.24, 2.45) is 0 Å². The lowest BCUT2D eigenvalue weighted by atomic mass is 10.0. The summed E-state index contributed by atoms with van der Waals surface area (Å²) in [7, 11) is 0. The van der Waals surface area contributed by atoms with Crippen LogP contribution in [0, 0.1) is 0 Å². The van der Waals surface area contributed by atoms with Crippen molar-refractivity contribution in [1.29, 1.82) is 0 Å². The predicted molar refractivity (Wildman–Crippen MR) is 223 cm³/mol. The second-order valence-electron chi connectivity index (χ2n) is 13.4. The molecule has 0 atom stereocenters. The molecule has 0 saturated carbocycles. The Morgan fingerprint density at radius 1 is 0.389 bits per heavy atom. The van der Waals surface area contributed by atoms with E-state index in [0.717, 1.165) is 72.5 Å². The highest BCUT2D eigenvalue weighted by Crippen LogP contribution is 2.44. The average molecular weight is 692 g/mol. The fourth-order valence-electron chi connectivity index (χ4n) is 7.49. The average Bonchev–Trinajstić information content (AvgIpc) is 3.63. The van der Waals surface area contributed by atoms with Crippen LogP contribution in [0.3, 0.4) is 0 Å². The molecule has 0 radical (unpaired) electrons. The van der Waals surface area contributed by atoms with Gasteiger partial charge in [0.15, 0.2) is 5.82 Å². The van der Waals surface area contributed by atoms with Crippen molar-refractivity contribution in [3.63, 3.8) is 0 Å². The SMILES string of the molecule is c1ccc(-c2ccc(N(c3ccccc3)c3cccc4oc5cc(-c6nc(-c7ccccc7)cc(-c7cccc8ccccc78)n6)ccc5c34)cc2)cc1. The molecule has 8 aromatic carbocycles. The Morgan fingerprint density at radius 2 is 1.00 bits per heavy atom. The van der Waals surface area contributed by atoms with Crippen LogP contribution in [0.15, 0.2) is 205 Å². The Kier molecular flexibility index (Phi) is 7.77. The third-order valence-electron chi connectivity index (χ3n) is 10.1. The summed E-state index contributed by atoms with van der Waals surface area (Å²) in [6, 6.07) is 69.6. The van der Waals surface area contributed by atoms with E-state index in [0.29, 0.717) is 5.82 Å². The Bertz CT molecular complexity index is 2910. The van der Waals surface area contributed by atoms with Crippen LogP contribution in [0.2, 0.25) is 0 Å². The van der Waals surface area contributed by atoms with Gasteiger partial charge in [0.25, 0.3) is 0 Å². The Labute approximate surface area is 313 Å². The van der Waals surface area contributed by atoms with Crippen molar-refractivity contribution in [3.8, 4) is 45.0 Å². The molecule has 0 spiro atoms. The fraction of sp³-hybridized carbons (Fsp3) is 0. The van der Waals surface area contributed by atoms with E-state index in [1.807, 2.05) is 30.3 Å². The number of hydrogen-bond donors (Lipinski definition) is 0. The molecular formula is C50H33N3O. The summed E-state index contributed by atoms with van der Waals surface area (Å²) in [6.07, 6.45) is 0. The molecule has 0 saturated heterocycles. The lowest BCUT2D eigenvalue weighted by molar-refractivity contribution is 0.669. The van der Waals surface area contributed by atoms with Gasteiger partial charge in [-0.15, -0.1) is 0 Å². The molecule has 0 N–H and O–H groups in total. The first-order valence-corrected chi connectivity index (χ1v) is 18.2. The predicted octanol–water partition coefficient (Wildman–Crippen LogP) is 13.7. The van der Waals surface area contributed by atoms with Crippen molar-refractivity contribution in [1.82, 2.24) is 9.97 Å². The molecule has 10 aromatic rings. The van der Waals surface area contributed by atoms with Gasteiger partial charge in [0.2, 0.25) is 0 Å². The second-order valence-corrected chi connectivity index (χ2v) is 13.4. The van der Waals surface area contributed by atoms with Gasteiger partial charge in [-0.25, -0.2) is 9.97 Å². The highest BCUT2D eigenvalue weighted by atomic mass is 16.3. The maximum Gasteiger partial charge on any atom is 0.160 e. The van der Waals surface area contributed by atoms with Crippen molar-refractivity contribution < 1.29 is 4.42 Å². The zero-order valence-electron chi connectivity index (χ0n) is 29.3. The van der Waals surface area contributed by atoms with Gasteiger partial charge in [0, 0.05) is 33.5 Å². The van der Waals surface area contributed by atoms with Crippen molar-refractivity contribution >= 4 is 49.8 Å². The van der Waals surface area contributed by atoms with Crippen LogP contribution in [0.4, 0.5) is 17.1 Å². The van der Waals surface area contributed by atoms with Crippen LogP contribution in [0.1, 0.15) is 0 Å². The van der Waals surface area contributed by atoms with Gasteiger partial charge in [0.1, 0.15) is 11.2 Å². The Balaban J connectivity index is 1.12. The molecule has 0 unspecified atom stereocenters. The van der Waals surface area contributed by atoms with E-state index < -0.39 is 0 Å². The first-order chi connectivity index (χ1) is 26.8. The molecule has 0 aliphatic rings. The van der Waals surface area contributed by atoms with Crippen molar-refractivity contribution in [3.05, 3.63) is 200 Å². The molecule has 54 heavy (non-hydrogen) atoms. The summed E-state index contributed by atoms with van der Waals surface area (Å²) in [6.45, 7) is 0. The summed E-state index contributed by atoms with van der Waals surface area (Å²) in [4.78, 5) is 12.6. The van der Waals surface area contributed by atoms with E-state index >= 15 is 0 Å². The normalized spacial score (nSPS) is 11.3. The van der Waals surface area contributed by atoms with E-state index in [1.165, 1.54) is 16.5 Å². The molecule has 0 bridgehead atoms. The first kappa shape index (κ1) is 31.4. The lowest BCUT2D eigenvalue weighted by Crippen LogP contribution is -2.10. The van der Waals surface area contributed by atoms with Crippen LogP contribution < -0.4 is 4.90 Å². The highest BCUT2D eigenvalue weighted by molar-refractivity contribution is 6.14. The summed E-state index contributed by atoms with van der Waals surface area (Å²) in [5.74, 6) is 0.645. The number of nitrogens with zero attached hydrogens (tertiary/aromatic N) is 3. The van der Waals surface area contributed by atoms with Crippen LogP contribution in [0.25, 0.3) is 77.7 Å². The van der Waals surface area contributed by atoms with Gasteiger partial charge >= 0.3 is 0 Å². The molecule has 0 aliphatic carbocycles. The minimum Gasteiger partial charge on any atom is -0.456 e. The molecule has 4 heteroatoms. The molecule has 4 nitrogen and oxygen atoms in total. The summed E-state index contributed by atoms with van der Waals surface area (Å²) in [5, 5.41) is 4.40. The number of rotatable bonds is 7. The topological polar surface area (TPSA) is 42.2 Å². The third-order valence-corrected chi connectivity index (χ3v) is 10.1. The van der Waals surface area contributed by atoms with Crippen LogP contribution >= 0.6 is 0 Å². The number of fused-ring (bicyclic) bond motifs is 4. The highest BCUT2D eigenvalue weighted by Gasteiger charge is 2.20. The minimum absolute atomic E-state index is 0.645. The van der Waals surface area contributed by atoms with Gasteiger partial charge in [-0.3, -0.25) is 0 Å². The lowest BCUT2D eigenvalue weighted by Gasteiger charge is -2.26. The smallest absolute Gasteiger partial charge is 0.160 e. The van der Waals surface area contributed by atoms with E-state index in [1.54, 1.807) is 0 Å². The molecule has 2 aromatic heterocycles. The molecule has 0 fully saturated rings. The number of hydrogen-bond acceptors (Lipinski definition) is 4. The Hall–Kier alpha value is -7.30. The summed E-state index contributed by atoms with van der Waals surface area (Å²) >= 11 is 0. The molecule has 0 amide bonds. The number of aromatic nitrogens is 2. The standard InChI is InChI=1S/C50H33N3O/c1-4-14-34(15-5-1)35-26-29-40(30-27-35)53(39-20-8-3-9-21-39)46-24-13-25-47-49(46)43-31-28-38(32-48(43)54-47)50-51-44(37-17-6-2-7-18-37)33-45(52-50)42-23-12-19-36-16-10-11-22-41(36)42/h1-33H. The van der Waals surface area contributed by atoms with E-state index in [-0.39, 0.29) is 0 Å². The van der Waals surface area contributed by atoms with Gasteiger partial charge in [0.05, 0.1) is 22.5 Å². The number of furan rings is 1. The van der Waals surface area contributed by atoms with Crippen LogP contribution in [0.5, 0.6) is 0 Å². The second kappa shape index (κ2) is 13.4. The van der Waals surface area contributed by atoms with Crippen molar-refractivity contribution in [2.75, 3.05) is 4.90 Å². The zero-order valence-corrected chi connectivity index (χ0v) is 29.3. The van der Waals surface area contributed by atoms with Crippen LogP contribution in [-0.2, 0) is 0 Å². The quantitative estimate of drug-likeness (QED) is 0.167. The largest absolute Gasteiger partial charge is 0.456 e. The Morgan fingerprint density at radius 3 is 1.80 bits per heavy atom. The zero-order chi connectivity index (χ0) is 35.8. The van der Waals surface area contributed by atoms with E-state index in [2.05, 4.69) is 175 Å². The first-order valence-electron chi connectivity index (χ1n) is 18.2. The molecular weight excluding hydrogens is 659 g/mol. The van der Waals surface area contributed by atoms with Gasteiger partial charge in [-0.05, 0) is 76.5 Å². The molecule has 254 valence electrons. The van der Waals surface area contributed by atoms with E-state index in [4.69, 9.17) is 14.4 Å². The maximum absolute atomic E-state index is 6.66. The number of anilines is 3. The summed E-state index contributed by atoms with van der Waals surface area (Å²) < 4.78 is 6.66. The van der Waals surface area contributed by atoms with Crippen molar-refractivity contribution in [2.45, 2.75) is 0 Å². The van der Waals surface area contributed by atoms with E-state index in [9.17, 15) is 0 Å². The maximum atomic E-state index is 6.66. The van der Waals surface area contributed by atoms with Crippen LogP contribution in [-0.4, -0.2) is 9.97 Å². The number of benzene rings is 8. The molecule has 10 rings (SSSR count). The minimum atomic E-state index is 0.645. The number of para-hydroxylation sites is 1. The third kappa shape index (κ3) is 5.67. The molecule has 0 aliphatic heterocycles. The van der Waals surface area contributed by atoms with Gasteiger partial charge in [-0.1, -0.05) is 146 Å². The summed E-state index contributed by atoms with van der Waals surface area (Å²) in [5.41, 5.74) is 11.9. The molecule has 2 heterocycles. The van der Waals surface area contributed by atoms with Gasteiger partial charge < -0.3 is 9.32 Å². The van der Waals surface area contributed by atoms with Gasteiger partial charge in [-0.2, -0.15) is 0 Å². The fourth-order valence-corrected chi connectivity index (χ4v) is 7.49.